The standard InChI is InChI=1S/C20H23NO4/c1-4-15-8-10-16(11-9-15)14(3)21-18(22)12-25-20(24)17-7-5-6-13(2)19(17)23/h5-11,14,23H,4,12H2,1-3H3,(H,21,22)/t14-/m1/s1. The summed E-state index contributed by atoms with van der Waals surface area (Å²) in [6.07, 6.45) is 0.961. The van der Waals surface area contributed by atoms with E-state index in [1.807, 2.05) is 31.2 Å². The highest BCUT2D eigenvalue weighted by atomic mass is 16.5. The van der Waals surface area contributed by atoms with Gasteiger partial charge in [0.15, 0.2) is 6.61 Å². The second kappa shape index (κ2) is 8.33. The van der Waals surface area contributed by atoms with Crippen molar-refractivity contribution in [2.45, 2.75) is 33.2 Å². The van der Waals surface area contributed by atoms with Gasteiger partial charge in [-0.3, -0.25) is 4.79 Å². The van der Waals surface area contributed by atoms with E-state index in [1.165, 1.54) is 11.6 Å². The molecule has 1 atom stereocenters. The Balaban J connectivity index is 1.89. The average Bonchev–Trinajstić information content (AvgIpc) is 2.62. The number of aromatic hydroxyl groups is 1. The van der Waals surface area contributed by atoms with E-state index < -0.39 is 18.5 Å². The molecule has 0 radical (unpaired) electrons. The molecule has 0 unspecified atom stereocenters. The Morgan fingerprint density at radius 1 is 1.16 bits per heavy atom. The Morgan fingerprint density at radius 2 is 1.84 bits per heavy atom. The van der Waals surface area contributed by atoms with Crippen LogP contribution in [0.4, 0.5) is 0 Å². The maximum atomic E-state index is 12.0. The number of phenols is 1. The highest BCUT2D eigenvalue weighted by molar-refractivity contribution is 5.94. The highest BCUT2D eigenvalue weighted by Crippen LogP contribution is 2.22. The molecule has 2 N–H and O–H groups in total. The van der Waals surface area contributed by atoms with E-state index in [-0.39, 0.29) is 17.4 Å². The van der Waals surface area contributed by atoms with Crippen molar-refractivity contribution < 1.29 is 19.4 Å². The van der Waals surface area contributed by atoms with E-state index in [1.54, 1.807) is 19.1 Å². The van der Waals surface area contributed by atoms with Gasteiger partial charge in [-0.2, -0.15) is 0 Å². The van der Waals surface area contributed by atoms with E-state index in [9.17, 15) is 14.7 Å². The van der Waals surface area contributed by atoms with Crippen molar-refractivity contribution >= 4 is 11.9 Å². The predicted octanol–water partition coefficient (Wildman–Crippen LogP) is 3.30. The third-order valence-electron chi connectivity index (χ3n) is 4.06. The first-order valence-electron chi connectivity index (χ1n) is 8.26. The minimum Gasteiger partial charge on any atom is -0.507 e. The van der Waals surface area contributed by atoms with Crippen LogP contribution in [-0.2, 0) is 16.0 Å². The lowest BCUT2D eigenvalue weighted by Gasteiger charge is -2.15. The first-order chi connectivity index (χ1) is 11.9. The lowest BCUT2D eigenvalue weighted by atomic mass is 10.1. The van der Waals surface area contributed by atoms with Crippen molar-refractivity contribution in [2.24, 2.45) is 0 Å². The molecule has 0 fully saturated rings. The van der Waals surface area contributed by atoms with E-state index in [2.05, 4.69) is 12.2 Å². The molecule has 5 heteroatoms. The number of carbonyl (C=O) groups excluding carboxylic acids is 2. The zero-order chi connectivity index (χ0) is 18.4. The molecule has 0 aliphatic rings. The van der Waals surface area contributed by atoms with Crippen LogP contribution in [0.25, 0.3) is 0 Å². The lowest BCUT2D eigenvalue weighted by molar-refractivity contribution is -0.124. The summed E-state index contributed by atoms with van der Waals surface area (Å²) in [5, 5.41) is 12.7. The first-order valence-corrected chi connectivity index (χ1v) is 8.26. The molecule has 2 aromatic rings. The van der Waals surface area contributed by atoms with Gasteiger partial charge in [0.05, 0.1) is 6.04 Å². The third kappa shape index (κ3) is 4.83. The molecule has 2 rings (SSSR count). The van der Waals surface area contributed by atoms with Crippen molar-refractivity contribution in [3.63, 3.8) is 0 Å². The zero-order valence-corrected chi connectivity index (χ0v) is 14.7. The van der Waals surface area contributed by atoms with Crippen LogP contribution in [0.5, 0.6) is 5.75 Å². The summed E-state index contributed by atoms with van der Waals surface area (Å²) in [5.41, 5.74) is 2.83. The Bertz CT molecular complexity index is 753. The summed E-state index contributed by atoms with van der Waals surface area (Å²) in [5.74, 6) is -1.25. The molecule has 25 heavy (non-hydrogen) atoms. The van der Waals surface area contributed by atoms with Gasteiger partial charge < -0.3 is 15.2 Å². The van der Waals surface area contributed by atoms with E-state index in [0.29, 0.717) is 5.56 Å². The Labute approximate surface area is 147 Å². The average molecular weight is 341 g/mol. The fraction of sp³-hybridized carbons (Fsp3) is 0.300. The number of aryl methyl sites for hydroxylation is 2. The molecule has 0 bridgehead atoms. The second-order valence-electron chi connectivity index (χ2n) is 5.93. The maximum absolute atomic E-state index is 12.0. The van der Waals surface area contributed by atoms with Crippen LogP contribution in [0, 0.1) is 6.92 Å². The Kier molecular flexibility index (Phi) is 6.17. The number of hydrogen-bond acceptors (Lipinski definition) is 4. The largest absolute Gasteiger partial charge is 0.507 e. The first kappa shape index (κ1) is 18.5. The van der Waals surface area contributed by atoms with Crippen molar-refractivity contribution in [1.29, 1.82) is 0 Å². The van der Waals surface area contributed by atoms with Gasteiger partial charge in [0.1, 0.15) is 11.3 Å². The molecule has 2 aromatic carbocycles. The lowest BCUT2D eigenvalue weighted by Crippen LogP contribution is -2.31. The SMILES string of the molecule is CCc1ccc([C@@H](C)NC(=O)COC(=O)c2cccc(C)c2O)cc1. The summed E-state index contributed by atoms with van der Waals surface area (Å²) in [6.45, 7) is 5.24. The maximum Gasteiger partial charge on any atom is 0.342 e. The predicted molar refractivity (Wildman–Crippen MR) is 95.5 cm³/mol. The summed E-state index contributed by atoms with van der Waals surface area (Å²) < 4.78 is 4.99. The topological polar surface area (TPSA) is 75.6 Å². The molecule has 0 aliphatic carbocycles. The van der Waals surface area contributed by atoms with Crippen LogP contribution < -0.4 is 5.32 Å². The van der Waals surface area contributed by atoms with Gasteiger partial charge in [-0.25, -0.2) is 4.79 Å². The van der Waals surface area contributed by atoms with E-state index in [4.69, 9.17) is 4.74 Å². The minimum absolute atomic E-state index is 0.0519. The normalized spacial score (nSPS) is 11.6. The second-order valence-corrected chi connectivity index (χ2v) is 5.93. The summed E-state index contributed by atoms with van der Waals surface area (Å²) in [7, 11) is 0. The number of phenolic OH excluding ortho intramolecular Hbond substituents is 1. The van der Waals surface area contributed by atoms with Crippen LogP contribution in [0.2, 0.25) is 0 Å². The van der Waals surface area contributed by atoms with Crippen LogP contribution in [0.15, 0.2) is 42.5 Å². The van der Waals surface area contributed by atoms with Gasteiger partial charge >= 0.3 is 5.97 Å². The molecule has 5 nitrogen and oxygen atoms in total. The van der Waals surface area contributed by atoms with E-state index >= 15 is 0 Å². The van der Waals surface area contributed by atoms with E-state index in [0.717, 1.165) is 12.0 Å². The van der Waals surface area contributed by atoms with Gasteiger partial charge in [0, 0.05) is 0 Å². The van der Waals surface area contributed by atoms with Crippen molar-refractivity contribution in [3.8, 4) is 5.75 Å². The smallest absolute Gasteiger partial charge is 0.342 e. The van der Waals surface area contributed by atoms with Gasteiger partial charge in [-0.1, -0.05) is 43.3 Å². The van der Waals surface area contributed by atoms with Gasteiger partial charge in [-0.05, 0) is 43.0 Å². The number of carbonyl (C=O) groups is 2. The van der Waals surface area contributed by atoms with Gasteiger partial charge in [-0.15, -0.1) is 0 Å². The Hall–Kier alpha value is -2.82. The number of para-hydroxylation sites is 1. The molecular weight excluding hydrogens is 318 g/mol. The fourth-order valence-corrected chi connectivity index (χ4v) is 2.44. The van der Waals surface area contributed by atoms with Gasteiger partial charge in [0.25, 0.3) is 5.91 Å². The molecule has 1 amide bonds. The molecule has 132 valence electrons. The molecular formula is C20H23NO4. The molecule has 0 aliphatic heterocycles. The van der Waals surface area contributed by atoms with Crippen molar-refractivity contribution in [2.75, 3.05) is 6.61 Å². The monoisotopic (exact) mass is 341 g/mol. The summed E-state index contributed by atoms with van der Waals surface area (Å²) in [4.78, 5) is 24.0. The number of amides is 1. The quantitative estimate of drug-likeness (QED) is 0.791. The summed E-state index contributed by atoms with van der Waals surface area (Å²) >= 11 is 0. The number of rotatable bonds is 6. The molecule has 0 saturated carbocycles. The molecule has 0 saturated heterocycles. The van der Waals surface area contributed by atoms with Crippen LogP contribution in [0.3, 0.4) is 0 Å². The highest BCUT2D eigenvalue weighted by Gasteiger charge is 2.16. The number of esters is 1. The van der Waals surface area contributed by atoms with Crippen LogP contribution >= 0.6 is 0 Å². The molecule has 0 aromatic heterocycles. The zero-order valence-electron chi connectivity index (χ0n) is 14.7. The number of nitrogens with one attached hydrogen (secondary N) is 1. The molecule has 0 spiro atoms. The van der Waals surface area contributed by atoms with Crippen LogP contribution in [0.1, 0.15) is 46.9 Å². The van der Waals surface area contributed by atoms with Crippen molar-refractivity contribution in [3.05, 3.63) is 64.7 Å². The number of hydrogen-bond donors (Lipinski definition) is 2. The van der Waals surface area contributed by atoms with Crippen LogP contribution in [-0.4, -0.2) is 23.6 Å². The summed E-state index contributed by atoms with van der Waals surface area (Å²) in [6, 6.07) is 12.6. The fourth-order valence-electron chi connectivity index (χ4n) is 2.44. The van der Waals surface area contributed by atoms with Crippen molar-refractivity contribution in [1.82, 2.24) is 5.32 Å². The third-order valence-corrected chi connectivity index (χ3v) is 4.06. The Morgan fingerprint density at radius 3 is 2.48 bits per heavy atom. The molecule has 0 heterocycles. The number of benzene rings is 2. The number of ether oxygens (including phenoxy) is 1. The van der Waals surface area contributed by atoms with Gasteiger partial charge in [0.2, 0.25) is 0 Å². The minimum atomic E-state index is -0.726.